The molecule has 13 fully saturated rings. The summed E-state index contributed by atoms with van der Waals surface area (Å²) in [5, 5.41) is 6.42. The third kappa shape index (κ3) is 13.4. The summed E-state index contributed by atoms with van der Waals surface area (Å²) < 4.78 is 106. The number of carbonyl (C=O) groups is 4. The van der Waals surface area contributed by atoms with Gasteiger partial charge in [-0.2, -0.15) is 0 Å². The van der Waals surface area contributed by atoms with E-state index < -0.39 is 82.2 Å². The standard InChI is InChI=1S/C87H118N2O16Si8/c1-3-5-7-16-32-63(31-15-6-4-2)61-88-84(90)76-55-51-72-74-53-57-78-83-79(58-54-75(81(74)83)73-52-56-77(85(88)91)82(76)80(72)73)87(93)89(86(78)92)64-49-47-62(48-50-64)59-60-106-94-107(65-33-17-8-18-34-65)97-110(68-39-23-11-24-40-68)99-108(95-106,66-35-19-9-20-36-66)101-112(70-43-27-13-28-44-70)102-109(96-106,67-37-21-10-22-38-67)100-111(98-107,69-41-25-12-26-42-69)104-113(103-110,105-112)71-45-29-14-30-46-71/h47-60,63,65-71H,3-46,61H2,1-2H3/b60-59-. The molecule has 6 saturated heterocycles. The van der Waals surface area contributed by atoms with E-state index in [1.807, 2.05) is 72.8 Å². The van der Waals surface area contributed by atoms with Crippen LogP contribution in [0, 0.1) is 5.92 Å². The molecule has 1 atom stereocenters. The first-order valence-corrected chi connectivity index (χ1v) is 59.8. The van der Waals surface area contributed by atoms with Crippen LogP contribution >= 0.6 is 0 Å². The van der Waals surface area contributed by atoms with Crippen LogP contribution in [0.15, 0.2) is 78.5 Å². The maximum atomic E-state index is 15.5. The average molecular weight is 1670 g/mol. The van der Waals surface area contributed by atoms with Gasteiger partial charge in [-0.05, 0) is 189 Å². The average Bonchev–Trinajstić information content (AvgIpc) is 0.660. The van der Waals surface area contributed by atoms with E-state index in [0.29, 0.717) is 45.3 Å². The summed E-state index contributed by atoms with van der Waals surface area (Å²) in [6.07, 6.45) is 46.6. The molecule has 0 spiro atoms. The third-order valence-electron chi connectivity index (χ3n) is 29.6. The SMILES string of the molecule is CCCCCCC(CCCCC)CN1C(=O)c2ccc3c4ccc5c6c(ccc(c7ccc(c2c37)C1=O)c64)C(=O)N(c1ccc(/C=C\[Si]23O[Si]4(C6CCCCC6)O[Si]6(C7CCCCC7)O[Si](C7CCCCC7)(O2)O[Si]2(C7CCCCC7)O[Si](C7CCCCC7)(O3)O[Si](C3CCCCC3)(O4)O[Si](C3CCCCC3)(O6)O2)cc1)C5=O. The summed E-state index contributed by atoms with van der Waals surface area (Å²) in [5.41, 5.74) is 4.56. The molecule has 0 radical (unpaired) electrons. The number of anilines is 1. The largest absolute Gasteiger partial charge is 0.507 e. The van der Waals surface area contributed by atoms with Gasteiger partial charge in [-0.1, -0.05) is 236 Å². The first-order chi connectivity index (χ1) is 55.2. The van der Waals surface area contributed by atoms with Gasteiger partial charge in [0.05, 0.1) is 5.69 Å². The third-order valence-corrected chi connectivity index (χ3v) is 68.6. The van der Waals surface area contributed by atoms with Gasteiger partial charge in [-0.3, -0.25) is 24.1 Å². The number of nitrogens with zero attached hydrogens (tertiary/aromatic N) is 2. The highest BCUT2D eigenvalue weighted by Crippen LogP contribution is 2.66. The van der Waals surface area contributed by atoms with Gasteiger partial charge < -0.3 is 49.4 Å². The number of unbranched alkanes of at least 4 members (excludes halogenated alkanes) is 5. The Morgan fingerprint density at radius 2 is 0.593 bits per heavy atom. The smallest absolute Gasteiger partial charge is 0.373 e. The zero-order chi connectivity index (χ0) is 76.4. The monoisotopic (exact) mass is 1670 g/mol. The second-order valence-electron chi connectivity index (χ2n) is 36.8. The highest BCUT2D eigenvalue weighted by Gasteiger charge is 2.88. The van der Waals surface area contributed by atoms with Crippen molar-refractivity contribution in [2.45, 2.75) is 335 Å². The number of imide groups is 2. The summed E-state index contributed by atoms with van der Waals surface area (Å²) in [6, 6.07) is 23.2. The minimum absolute atomic E-state index is 0.0447. The Kier molecular flexibility index (Phi) is 21.4. The van der Waals surface area contributed by atoms with Crippen molar-refractivity contribution in [2.75, 3.05) is 11.4 Å². The van der Waals surface area contributed by atoms with Crippen molar-refractivity contribution in [1.29, 1.82) is 0 Å². The van der Waals surface area contributed by atoms with Gasteiger partial charge in [0.25, 0.3) is 23.6 Å². The van der Waals surface area contributed by atoms with Crippen molar-refractivity contribution >= 4 is 149 Å². The van der Waals surface area contributed by atoms with E-state index in [9.17, 15) is 9.59 Å². The van der Waals surface area contributed by atoms with Crippen LogP contribution in [-0.4, -0.2) is 106 Å². The summed E-state index contributed by atoms with van der Waals surface area (Å²) in [4.78, 5) is 63.6. The topological polar surface area (TPSA) is 186 Å². The number of hydrogen-bond donors (Lipinski definition) is 0. The second kappa shape index (κ2) is 31.2. The molecule has 0 aromatic heterocycles. The van der Waals surface area contributed by atoms with Crippen molar-refractivity contribution in [2.24, 2.45) is 5.92 Å². The molecule has 0 N–H and O–H groups in total. The predicted molar refractivity (Wildman–Crippen MR) is 453 cm³/mol. The minimum Gasteiger partial charge on any atom is -0.373 e. The highest BCUT2D eigenvalue weighted by atomic mass is 28.6. The highest BCUT2D eigenvalue weighted by molar-refractivity contribution is 7.05. The molecular weight excluding hydrogens is 1550 g/mol. The summed E-state index contributed by atoms with van der Waals surface area (Å²) >= 11 is 0. The van der Waals surface area contributed by atoms with E-state index in [-0.39, 0.29) is 56.5 Å². The zero-order valence-corrected chi connectivity index (χ0v) is 74.9. The van der Waals surface area contributed by atoms with Gasteiger partial charge in [-0.15, -0.1) is 0 Å². The van der Waals surface area contributed by atoms with E-state index >= 15 is 9.59 Å². The van der Waals surface area contributed by atoms with Crippen LogP contribution in [0.5, 0.6) is 0 Å². The van der Waals surface area contributed by atoms with Gasteiger partial charge in [0.2, 0.25) is 0 Å². The van der Waals surface area contributed by atoms with Gasteiger partial charge in [0.15, 0.2) is 0 Å². The fraction of sp³-hybridized carbons (Fsp3) is 0.632. The fourth-order valence-electron chi connectivity index (χ4n) is 23.7. The van der Waals surface area contributed by atoms with Gasteiger partial charge in [0, 0.05) is 78.4 Å². The van der Waals surface area contributed by atoms with E-state index in [4.69, 9.17) is 49.4 Å². The predicted octanol–water partition coefficient (Wildman–Crippen LogP) is 23.0. The molecule has 6 aromatic carbocycles. The number of hydrogen-bond acceptors (Lipinski definition) is 16. The Balaban J connectivity index is 0.703. The van der Waals surface area contributed by atoms with Crippen molar-refractivity contribution in [3.8, 4) is 0 Å². The van der Waals surface area contributed by atoms with Crippen LogP contribution in [0.4, 0.5) is 5.69 Å². The Morgan fingerprint density at radius 1 is 0.319 bits per heavy atom. The molecule has 7 aliphatic carbocycles. The molecule has 604 valence electrons. The normalized spacial score (nSPS) is 33.9. The van der Waals surface area contributed by atoms with Crippen molar-refractivity contribution in [3.05, 3.63) is 106 Å². The molecule has 21 rings (SSSR count). The van der Waals surface area contributed by atoms with Crippen LogP contribution in [0.25, 0.3) is 49.2 Å². The molecule has 113 heavy (non-hydrogen) atoms. The number of carbonyl (C=O) groups excluding carboxylic acids is 4. The van der Waals surface area contributed by atoms with Crippen LogP contribution in [-0.2, 0) is 49.4 Å². The maximum Gasteiger partial charge on any atom is 0.507 e. The molecule has 8 heterocycles. The molecular formula is C87H118N2O16Si8. The molecule has 7 saturated carbocycles. The molecule has 6 aromatic rings. The minimum atomic E-state index is -4.60. The fourth-order valence-corrected chi connectivity index (χ4v) is 78.8. The summed E-state index contributed by atoms with van der Waals surface area (Å²) in [7, 11) is -34.5. The maximum absolute atomic E-state index is 15.5. The van der Waals surface area contributed by atoms with Gasteiger partial charge >= 0.3 is 70.4 Å². The van der Waals surface area contributed by atoms with Gasteiger partial charge in [-0.25, -0.2) is 4.90 Å². The first kappa shape index (κ1) is 77.5. The lowest BCUT2D eigenvalue weighted by molar-refractivity contribution is -0.0489. The molecule has 26 heteroatoms. The van der Waals surface area contributed by atoms with Crippen molar-refractivity contribution in [1.82, 2.24) is 4.90 Å². The number of amides is 4. The Hall–Kier alpha value is -4.10. The summed E-state index contributed by atoms with van der Waals surface area (Å²) in [6.45, 7) is 4.86. The lowest BCUT2D eigenvalue weighted by atomic mass is 9.82. The molecule has 18 nitrogen and oxygen atoms in total. The number of fused-ring (bicyclic) bond motifs is 2. The molecule has 15 aliphatic rings. The molecule has 4 amide bonds. The Morgan fingerprint density at radius 3 is 0.894 bits per heavy atom. The first-order valence-electron chi connectivity index (χ1n) is 45.4. The number of rotatable bonds is 21. The molecule has 1 unspecified atom stereocenters. The van der Waals surface area contributed by atoms with Crippen LogP contribution < -0.4 is 4.90 Å². The van der Waals surface area contributed by atoms with E-state index in [0.717, 1.165) is 314 Å². The van der Waals surface area contributed by atoms with Crippen molar-refractivity contribution < 1.29 is 68.6 Å². The number of benzene rings is 6. The van der Waals surface area contributed by atoms with Crippen molar-refractivity contribution in [3.63, 3.8) is 0 Å². The lowest BCUT2D eigenvalue weighted by Crippen LogP contribution is -2.91. The Labute approximate surface area is 676 Å². The molecule has 8 aliphatic heterocycles. The van der Waals surface area contributed by atoms with E-state index in [2.05, 4.69) is 25.6 Å². The Bertz CT molecular complexity index is 4320. The molecule has 8 bridgehead atoms. The van der Waals surface area contributed by atoms with Crippen LogP contribution in [0.2, 0.25) is 38.8 Å². The van der Waals surface area contributed by atoms with Gasteiger partial charge in [0.1, 0.15) is 0 Å². The summed E-state index contributed by atoms with van der Waals surface area (Å²) in [5.74, 6) is -1.06. The zero-order valence-electron chi connectivity index (χ0n) is 66.9. The second-order valence-corrected chi connectivity index (χ2v) is 62.3. The van der Waals surface area contributed by atoms with Crippen LogP contribution in [0.1, 0.15) is 343 Å². The van der Waals surface area contributed by atoms with E-state index in [1.165, 1.54) is 16.2 Å². The lowest BCUT2D eigenvalue weighted by Gasteiger charge is -2.67. The van der Waals surface area contributed by atoms with Crippen LogP contribution in [0.3, 0.4) is 0 Å². The quantitative estimate of drug-likeness (QED) is 0.0218. The van der Waals surface area contributed by atoms with E-state index in [1.54, 1.807) is 0 Å².